The Morgan fingerprint density at radius 1 is 1.54 bits per heavy atom. The van der Waals surface area contributed by atoms with Gasteiger partial charge in [-0.15, -0.1) is 0 Å². The molecule has 6 heteroatoms. The average molecular weight is 189 g/mol. The van der Waals surface area contributed by atoms with Gasteiger partial charge in [0.15, 0.2) is 0 Å². The molecule has 0 saturated carbocycles. The smallest absolute Gasteiger partial charge is 0.278 e. The molecule has 0 aliphatic rings. The highest BCUT2D eigenvalue weighted by atomic mass is 19.3. The Hall–Kier alpha value is -1.43. The first-order valence-corrected chi connectivity index (χ1v) is 3.56. The molecule has 0 aromatic carbocycles. The standard InChI is InChI=1S/C7H9F2N3O/c8-6(9)4-1-3(2-10)5(11)7(13)12-4/h1,6H,2,10-11H2,(H,12,13). The first kappa shape index (κ1) is 9.66. The van der Waals surface area contributed by atoms with E-state index in [2.05, 4.69) is 0 Å². The third kappa shape index (κ3) is 1.83. The maximum atomic E-state index is 12.1. The molecule has 0 unspecified atom stereocenters. The quantitative estimate of drug-likeness (QED) is 0.627. The fourth-order valence-corrected chi connectivity index (χ4v) is 0.932. The number of anilines is 1. The predicted octanol–water partition coefficient (Wildman–Crippen LogP) is 0.353. The molecule has 0 aliphatic heterocycles. The van der Waals surface area contributed by atoms with Crippen LogP contribution >= 0.6 is 0 Å². The van der Waals surface area contributed by atoms with E-state index in [0.717, 1.165) is 6.07 Å². The molecular formula is C7H9F2N3O. The lowest BCUT2D eigenvalue weighted by atomic mass is 10.2. The van der Waals surface area contributed by atoms with Crippen LogP contribution in [0.4, 0.5) is 14.5 Å². The van der Waals surface area contributed by atoms with Gasteiger partial charge in [-0.3, -0.25) is 4.79 Å². The van der Waals surface area contributed by atoms with E-state index in [4.69, 9.17) is 11.5 Å². The first-order chi connectivity index (χ1) is 6.06. The number of nitrogens with two attached hydrogens (primary N) is 2. The van der Waals surface area contributed by atoms with E-state index in [1.807, 2.05) is 4.98 Å². The van der Waals surface area contributed by atoms with Gasteiger partial charge in [-0.25, -0.2) is 8.78 Å². The highest BCUT2D eigenvalue weighted by molar-refractivity contribution is 5.45. The van der Waals surface area contributed by atoms with Gasteiger partial charge in [-0.1, -0.05) is 0 Å². The molecular weight excluding hydrogens is 180 g/mol. The van der Waals surface area contributed by atoms with Crippen LogP contribution in [0.15, 0.2) is 10.9 Å². The Bertz CT molecular complexity index is 361. The molecule has 0 fully saturated rings. The summed E-state index contributed by atoms with van der Waals surface area (Å²) in [6.07, 6.45) is -2.72. The van der Waals surface area contributed by atoms with Crippen LogP contribution in [0, 0.1) is 0 Å². The van der Waals surface area contributed by atoms with Crippen molar-refractivity contribution in [3.63, 3.8) is 0 Å². The molecule has 4 nitrogen and oxygen atoms in total. The molecule has 1 aromatic heterocycles. The van der Waals surface area contributed by atoms with E-state index in [9.17, 15) is 13.6 Å². The molecule has 1 rings (SSSR count). The summed E-state index contributed by atoms with van der Waals surface area (Å²) in [6, 6.07) is 1.10. The summed E-state index contributed by atoms with van der Waals surface area (Å²) >= 11 is 0. The van der Waals surface area contributed by atoms with E-state index in [1.54, 1.807) is 0 Å². The van der Waals surface area contributed by atoms with Crippen LogP contribution in [0.25, 0.3) is 0 Å². The summed E-state index contributed by atoms with van der Waals surface area (Å²) in [4.78, 5) is 12.9. The minimum Gasteiger partial charge on any atom is -0.394 e. The summed E-state index contributed by atoms with van der Waals surface area (Å²) < 4.78 is 24.3. The topological polar surface area (TPSA) is 84.9 Å². The van der Waals surface area contributed by atoms with Crippen LogP contribution in [0.1, 0.15) is 17.7 Å². The third-order valence-electron chi connectivity index (χ3n) is 1.63. The summed E-state index contributed by atoms with van der Waals surface area (Å²) in [5.74, 6) is 0. The van der Waals surface area contributed by atoms with E-state index in [1.165, 1.54) is 0 Å². The predicted molar refractivity (Wildman–Crippen MR) is 44.3 cm³/mol. The van der Waals surface area contributed by atoms with Gasteiger partial charge in [0.1, 0.15) is 5.69 Å². The number of rotatable bonds is 2. The molecule has 0 amide bonds. The summed E-state index contributed by atoms with van der Waals surface area (Å²) in [7, 11) is 0. The second-order valence-corrected chi connectivity index (χ2v) is 2.50. The van der Waals surface area contributed by atoms with Crippen molar-refractivity contribution in [2.45, 2.75) is 13.0 Å². The number of nitrogens with one attached hydrogen (secondary N) is 1. The van der Waals surface area contributed by atoms with Gasteiger partial charge in [-0.05, 0) is 11.6 Å². The van der Waals surface area contributed by atoms with E-state index in [-0.39, 0.29) is 17.8 Å². The number of alkyl halides is 2. The lowest BCUT2D eigenvalue weighted by molar-refractivity contribution is 0.145. The lowest BCUT2D eigenvalue weighted by Crippen LogP contribution is -2.18. The van der Waals surface area contributed by atoms with Crippen LogP contribution < -0.4 is 17.0 Å². The molecule has 1 heterocycles. The largest absolute Gasteiger partial charge is 0.394 e. The highest BCUT2D eigenvalue weighted by Gasteiger charge is 2.11. The molecule has 0 saturated heterocycles. The molecule has 0 atom stereocenters. The Morgan fingerprint density at radius 3 is 2.62 bits per heavy atom. The number of nitrogen functional groups attached to an aromatic ring is 1. The second-order valence-electron chi connectivity index (χ2n) is 2.50. The first-order valence-electron chi connectivity index (χ1n) is 3.56. The Labute approximate surface area is 72.6 Å². The number of halogens is 2. The van der Waals surface area contributed by atoms with E-state index < -0.39 is 17.7 Å². The van der Waals surface area contributed by atoms with E-state index in [0.29, 0.717) is 0 Å². The van der Waals surface area contributed by atoms with Crippen LogP contribution in [-0.2, 0) is 6.54 Å². The molecule has 5 N–H and O–H groups in total. The number of aromatic nitrogens is 1. The van der Waals surface area contributed by atoms with Crippen LogP contribution in [0.2, 0.25) is 0 Å². The molecule has 13 heavy (non-hydrogen) atoms. The third-order valence-corrected chi connectivity index (χ3v) is 1.63. The highest BCUT2D eigenvalue weighted by Crippen LogP contribution is 2.17. The summed E-state index contributed by atoms with van der Waals surface area (Å²) in [5.41, 5.74) is 9.45. The van der Waals surface area contributed by atoms with Crippen LogP contribution in [0.3, 0.4) is 0 Å². The van der Waals surface area contributed by atoms with Gasteiger partial charge in [0.05, 0.1) is 5.69 Å². The lowest BCUT2D eigenvalue weighted by Gasteiger charge is -2.04. The van der Waals surface area contributed by atoms with Gasteiger partial charge in [0.2, 0.25) is 0 Å². The van der Waals surface area contributed by atoms with Crippen LogP contribution in [-0.4, -0.2) is 4.98 Å². The molecule has 72 valence electrons. The number of pyridine rings is 1. The maximum absolute atomic E-state index is 12.1. The summed E-state index contributed by atoms with van der Waals surface area (Å²) in [6.45, 7) is -0.0323. The van der Waals surface area contributed by atoms with Gasteiger partial charge in [0.25, 0.3) is 12.0 Å². The van der Waals surface area contributed by atoms with E-state index >= 15 is 0 Å². The average Bonchev–Trinajstić information content (AvgIpc) is 2.09. The van der Waals surface area contributed by atoms with Gasteiger partial charge < -0.3 is 16.5 Å². The zero-order chi connectivity index (χ0) is 10.0. The number of H-pyrrole nitrogens is 1. The zero-order valence-electron chi connectivity index (χ0n) is 6.68. The Balaban J connectivity index is 3.31. The van der Waals surface area contributed by atoms with Crippen molar-refractivity contribution in [3.05, 3.63) is 27.7 Å². The second kappa shape index (κ2) is 3.53. The fraction of sp³-hybridized carbons (Fsp3) is 0.286. The maximum Gasteiger partial charge on any atom is 0.278 e. The minimum absolute atomic E-state index is 0.0323. The van der Waals surface area contributed by atoms with Crippen molar-refractivity contribution in [2.24, 2.45) is 5.73 Å². The van der Waals surface area contributed by atoms with Crippen molar-refractivity contribution in [2.75, 3.05) is 5.73 Å². The monoisotopic (exact) mass is 189 g/mol. The number of hydrogen-bond acceptors (Lipinski definition) is 3. The molecule has 1 aromatic rings. The molecule has 0 aliphatic carbocycles. The van der Waals surface area contributed by atoms with Crippen molar-refractivity contribution in [3.8, 4) is 0 Å². The van der Waals surface area contributed by atoms with Crippen molar-refractivity contribution >= 4 is 5.69 Å². The van der Waals surface area contributed by atoms with Gasteiger partial charge in [0, 0.05) is 6.54 Å². The summed E-state index contributed by atoms with van der Waals surface area (Å²) in [5, 5.41) is 0. The van der Waals surface area contributed by atoms with Gasteiger partial charge in [-0.2, -0.15) is 0 Å². The fourth-order valence-electron chi connectivity index (χ4n) is 0.932. The molecule has 0 radical (unpaired) electrons. The van der Waals surface area contributed by atoms with Crippen molar-refractivity contribution in [1.29, 1.82) is 0 Å². The molecule has 0 spiro atoms. The SMILES string of the molecule is NCc1cc(C(F)F)[nH]c(=O)c1N. The Kier molecular flexibility index (Phi) is 2.62. The normalized spacial score (nSPS) is 10.8. The van der Waals surface area contributed by atoms with Gasteiger partial charge >= 0.3 is 0 Å². The number of hydrogen-bond donors (Lipinski definition) is 3. The molecule has 0 bridgehead atoms. The van der Waals surface area contributed by atoms with Crippen molar-refractivity contribution in [1.82, 2.24) is 4.98 Å². The van der Waals surface area contributed by atoms with Crippen molar-refractivity contribution < 1.29 is 8.78 Å². The van der Waals surface area contributed by atoms with Crippen LogP contribution in [0.5, 0.6) is 0 Å². The number of aromatic amines is 1. The zero-order valence-corrected chi connectivity index (χ0v) is 6.68. The minimum atomic E-state index is -2.72. The Morgan fingerprint density at radius 2 is 2.15 bits per heavy atom.